The summed E-state index contributed by atoms with van der Waals surface area (Å²) in [7, 11) is -3.21. The van der Waals surface area contributed by atoms with Crippen LogP contribution in [-0.4, -0.2) is 19.2 Å². The molecule has 5 nitrogen and oxygen atoms in total. The maximum atomic E-state index is 12.6. The molecule has 0 amide bonds. The van der Waals surface area contributed by atoms with Crippen LogP contribution in [0.5, 0.6) is 0 Å². The first-order valence-corrected chi connectivity index (χ1v) is 9.97. The lowest BCUT2D eigenvalue weighted by atomic mass is 10.1. The molecule has 0 aromatic heterocycles. The Morgan fingerprint density at radius 3 is 2.20 bits per heavy atom. The molecule has 0 radical (unpaired) electrons. The van der Waals surface area contributed by atoms with Crippen LogP contribution >= 0.6 is 7.60 Å². The summed E-state index contributed by atoms with van der Waals surface area (Å²) in [5, 5.41) is 0. The van der Waals surface area contributed by atoms with Gasteiger partial charge in [-0.2, -0.15) is 0 Å². The summed E-state index contributed by atoms with van der Waals surface area (Å²) in [6, 6.07) is 16.3. The number of carbonyl (C=O) groups is 1. The summed E-state index contributed by atoms with van der Waals surface area (Å²) >= 11 is 0. The van der Waals surface area contributed by atoms with E-state index in [4.69, 9.17) is 13.8 Å². The zero-order valence-corrected chi connectivity index (χ0v) is 15.4. The van der Waals surface area contributed by atoms with Crippen LogP contribution in [0.3, 0.4) is 0 Å². The van der Waals surface area contributed by atoms with Gasteiger partial charge in [0, 0.05) is 0 Å². The normalized spacial score (nSPS) is 11.3. The van der Waals surface area contributed by atoms with Crippen LogP contribution in [0, 0.1) is 0 Å². The van der Waals surface area contributed by atoms with Crippen molar-refractivity contribution < 1.29 is 23.1 Å². The van der Waals surface area contributed by atoms with E-state index in [9.17, 15) is 9.36 Å². The number of rotatable bonds is 9. The third-order valence-electron chi connectivity index (χ3n) is 3.40. The second kappa shape index (κ2) is 9.52. The molecule has 0 heterocycles. The Kier molecular flexibility index (Phi) is 7.38. The fraction of sp³-hybridized carbons (Fsp3) is 0.316. The van der Waals surface area contributed by atoms with E-state index in [-0.39, 0.29) is 12.8 Å². The van der Waals surface area contributed by atoms with Gasteiger partial charge in [-0.1, -0.05) is 42.5 Å². The van der Waals surface area contributed by atoms with Gasteiger partial charge in [0.1, 0.15) is 6.61 Å². The Hall–Kier alpha value is -1.94. The minimum absolute atomic E-state index is 0.120. The van der Waals surface area contributed by atoms with E-state index in [0.717, 1.165) is 5.56 Å². The van der Waals surface area contributed by atoms with Crippen molar-refractivity contribution in [3.63, 3.8) is 0 Å². The largest absolute Gasteiger partial charge is 0.457 e. The Morgan fingerprint density at radius 2 is 1.56 bits per heavy atom. The van der Waals surface area contributed by atoms with Crippen molar-refractivity contribution in [2.75, 3.05) is 13.2 Å². The highest BCUT2D eigenvalue weighted by Gasteiger charge is 2.24. The molecule has 0 fully saturated rings. The summed E-state index contributed by atoms with van der Waals surface area (Å²) in [6.45, 7) is 4.35. The number of ether oxygens (including phenoxy) is 1. The molecule has 0 bridgehead atoms. The first-order chi connectivity index (χ1) is 12.1. The van der Waals surface area contributed by atoms with Crippen LogP contribution in [0.15, 0.2) is 54.6 Å². The molecule has 0 N–H and O–H groups in total. The van der Waals surface area contributed by atoms with Gasteiger partial charge in [-0.05, 0) is 37.1 Å². The Labute approximate surface area is 148 Å². The average Bonchev–Trinajstić information content (AvgIpc) is 2.61. The van der Waals surface area contributed by atoms with E-state index >= 15 is 0 Å². The quantitative estimate of drug-likeness (QED) is 0.473. The van der Waals surface area contributed by atoms with Gasteiger partial charge in [-0.3, -0.25) is 4.57 Å². The highest BCUT2D eigenvalue weighted by Crippen LogP contribution is 2.51. The highest BCUT2D eigenvalue weighted by molar-refractivity contribution is 7.53. The number of carbonyl (C=O) groups excluding carboxylic acids is 1. The molecule has 0 aliphatic heterocycles. The maximum Gasteiger partial charge on any atom is 0.338 e. The molecule has 2 rings (SSSR count). The maximum absolute atomic E-state index is 12.6. The van der Waals surface area contributed by atoms with Crippen molar-refractivity contribution in [2.24, 2.45) is 0 Å². The summed E-state index contributed by atoms with van der Waals surface area (Å²) < 4.78 is 28.5. The predicted molar refractivity (Wildman–Crippen MR) is 96.6 cm³/mol. The van der Waals surface area contributed by atoms with Gasteiger partial charge < -0.3 is 13.8 Å². The van der Waals surface area contributed by atoms with Gasteiger partial charge in [-0.25, -0.2) is 4.79 Å². The molecule has 2 aromatic carbocycles. The lowest BCUT2D eigenvalue weighted by molar-refractivity contribution is 0.0472. The second-order valence-electron chi connectivity index (χ2n) is 5.37. The van der Waals surface area contributed by atoms with Crippen molar-refractivity contribution >= 4 is 13.6 Å². The number of benzene rings is 2. The van der Waals surface area contributed by atoms with Gasteiger partial charge in [0.05, 0.1) is 24.9 Å². The van der Waals surface area contributed by atoms with E-state index in [0.29, 0.717) is 24.3 Å². The Balaban J connectivity index is 2.04. The Morgan fingerprint density at radius 1 is 0.920 bits per heavy atom. The van der Waals surface area contributed by atoms with E-state index < -0.39 is 13.6 Å². The van der Waals surface area contributed by atoms with E-state index in [1.807, 2.05) is 30.3 Å². The van der Waals surface area contributed by atoms with Crippen LogP contribution in [-0.2, 0) is 31.1 Å². The zero-order valence-electron chi connectivity index (χ0n) is 14.5. The molecule has 0 saturated carbocycles. The summed E-state index contributed by atoms with van der Waals surface area (Å²) in [5.41, 5.74) is 2.04. The van der Waals surface area contributed by atoms with Gasteiger partial charge in [0.2, 0.25) is 0 Å². The first-order valence-electron chi connectivity index (χ1n) is 8.24. The predicted octanol–water partition coefficient (Wildman–Crippen LogP) is 4.81. The average molecular weight is 362 g/mol. The van der Waals surface area contributed by atoms with Crippen LogP contribution in [0.1, 0.15) is 35.3 Å². The molecule has 0 aliphatic carbocycles. The van der Waals surface area contributed by atoms with E-state index in [1.165, 1.54) is 0 Å². The number of hydrogen-bond donors (Lipinski definition) is 0. The van der Waals surface area contributed by atoms with E-state index in [2.05, 4.69) is 0 Å². The van der Waals surface area contributed by atoms with Crippen LogP contribution < -0.4 is 0 Å². The van der Waals surface area contributed by atoms with Gasteiger partial charge in [0.15, 0.2) is 0 Å². The summed E-state index contributed by atoms with van der Waals surface area (Å²) in [6.07, 6.45) is 0.120. The van der Waals surface area contributed by atoms with Crippen molar-refractivity contribution in [1.82, 2.24) is 0 Å². The highest BCUT2D eigenvalue weighted by atomic mass is 31.2. The second-order valence-corrected chi connectivity index (χ2v) is 7.42. The smallest absolute Gasteiger partial charge is 0.338 e. The fourth-order valence-corrected chi connectivity index (χ4v) is 4.04. The topological polar surface area (TPSA) is 61.8 Å². The molecular weight excluding hydrogens is 339 g/mol. The lowest BCUT2D eigenvalue weighted by Gasteiger charge is -2.17. The molecular formula is C19H23O5P. The van der Waals surface area contributed by atoms with Crippen molar-refractivity contribution in [1.29, 1.82) is 0 Å². The molecule has 0 saturated heterocycles. The van der Waals surface area contributed by atoms with Crippen LogP contribution in [0.2, 0.25) is 0 Å². The van der Waals surface area contributed by atoms with Gasteiger partial charge in [-0.15, -0.1) is 0 Å². The van der Waals surface area contributed by atoms with Crippen molar-refractivity contribution in [2.45, 2.75) is 26.6 Å². The molecule has 0 spiro atoms. The molecule has 0 atom stereocenters. The lowest BCUT2D eigenvalue weighted by Crippen LogP contribution is -2.06. The molecule has 25 heavy (non-hydrogen) atoms. The third kappa shape index (κ3) is 6.13. The molecule has 6 heteroatoms. The summed E-state index contributed by atoms with van der Waals surface area (Å²) in [4.78, 5) is 12.2. The van der Waals surface area contributed by atoms with E-state index in [1.54, 1.807) is 38.1 Å². The number of esters is 1. The number of hydrogen-bond acceptors (Lipinski definition) is 5. The van der Waals surface area contributed by atoms with Crippen molar-refractivity contribution in [3.8, 4) is 0 Å². The Bertz CT molecular complexity index is 720. The molecule has 0 aliphatic rings. The first kappa shape index (κ1) is 19.4. The minimum Gasteiger partial charge on any atom is -0.457 e. The summed E-state index contributed by atoms with van der Waals surface area (Å²) in [5.74, 6) is -0.423. The van der Waals surface area contributed by atoms with Crippen molar-refractivity contribution in [3.05, 3.63) is 71.3 Å². The fourth-order valence-electron chi connectivity index (χ4n) is 2.35. The third-order valence-corrected chi connectivity index (χ3v) is 5.46. The molecule has 2 aromatic rings. The SMILES string of the molecule is CCOP(=O)(Cc1cccc(C(=O)OCc2ccccc2)c1)OCC. The zero-order chi connectivity index (χ0) is 18.1. The molecule has 134 valence electrons. The van der Waals surface area contributed by atoms with Crippen LogP contribution in [0.4, 0.5) is 0 Å². The van der Waals surface area contributed by atoms with Crippen LogP contribution in [0.25, 0.3) is 0 Å². The van der Waals surface area contributed by atoms with Gasteiger partial charge >= 0.3 is 13.6 Å². The monoisotopic (exact) mass is 362 g/mol. The standard InChI is InChI=1S/C19H23O5P/c1-3-23-25(21,24-4-2)15-17-11-8-12-18(13-17)19(20)22-14-16-9-6-5-7-10-16/h5-13H,3-4,14-15H2,1-2H3. The van der Waals surface area contributed by atoms with Gasteiger partial charge in [0.25, 0.3) is 0 Å². The molecule has 0 unspecified atom stereocenters. The minimum atomic E-state index is -3.21.